The summed E-state index contributed by atoms with van der Waals surface area (Å²) in [4.78, 5) is 25.8. The number of rotatable bonds is 2. The van der Waals surface area contributed by atoms with Gasteiger partial charge < -0.3 is 16.0 Å². The fraction of sp³-hybridized carbons (Fsp3) is 0.417. The maximum Gasteiger partial charge on any atom is 0.322 e. The van der Waals surface area contributed by atoms with E-state index in [1.165, 1.54) is 29.9 Å². The molecule has 2 fully saturated rings. The summed E-state index contributed by atoms with van der Waals surface area (Å²) in [5.41, 5.74) is 9.64. The lowest BCUT2D eigenvalue weighted by molar-refractivity contribution is 0.0548. The Morgan fingerprint density at radius 3 is 2.21 bits per heavy atom. The molecule has 5 nitrogen and oxygen atoms in total. The van der Waals surface area contributed by atoms with Crippen LogP contribution in [0.2, 0.25) is 0 Å². The minimum absolute atomic E-state index is 0.120. The Kier molecular flexibility index (Phi) is 5.56. The van der Waals surface area contributed by atoms with Gasteiger partial charge in [-0.15, -0.1) is 0 Å². The van der Waals surface area contributed by atoms with E-state index < -0.39 is 0 Å². The number of hydrogen-bond donors (Lipinski definition) is 2. The monoisotopic (exact) mass is 391 g/mol. The van der Waals surface area contributed by atoms with Crippen LogP contribution in [0.15, 0.2) is 42.5 Å². The zero-order chi connectivity index (χ0) is 20.4. The summed E-state index contributed by atoms with van der Waals surface area (Å²) in [6.07, 6.45) is 7.08. The predicted molar refractivity (Wildman–Crippen MR) is 116 cm³/mol. The van der Waals surface area contributed by atoms with Gasteiger partial charge in [-0.2, -0.15) is 0 Å². The van der Waals surface area contributed by atoms with Crippen LogP contribution in [0, 0.1) is 11.8 Å². The third-order valence-corrected chi connectivity index (χ3v) is 6.63. The molecule has 0 saturated heterocycles. The number of urea groups is 1. The topological polar surface area (TPSA) is 75.4 Å². The number of nitrogens with zero attached hydrogens (tertiary/aromatic N) is 1. The molecule has 0 spiro atoms. The van der Waals surface area contributed by atoms with Crippen molar-refractivity contribution in [2.24, 2.45) is 11.8 Å². The van der Waals surface area contributed by atoms with Crippen molar-refractivity contribution in [2.45, 2.75) is 45.6 Å². The Balaban J connectivity index is 0.000000286. The number of nitrogen functional groups attached to an aromatic ring is 1. The van der Waals surface area contributed by atoms with Crippen LogP contribution < -0.4 is 11.1 Å². The number of fused-ring (bicyclic) bond motifs is 2. The number of carbonyl (C=O) groups excluding carboxylic acids is 2. The molecule has 2 aromatic rings. The van der Waals surface area contributed by atoms with Gasteiger partial charge >= 0.3 is 6.03 Å². The van der Waals surface area contributed by atoms with Crippen LogP contribution in [-0.2, 0) is 13.0 Å². The summed E-state index contributed by atoms with van der Waals surface area (Å²) in [5, 5.41) is 2.82. The Morgan fingerprint density at radius 1 is 0.966 bits per heavy atom. The van der Waals surface area contributed by atoms with Gasteiger partial charge in [-0.25, -0.2) is 4.79 Å². The molecule has 2 amide bonds. The molecule has 2 saturated carbocycles. The molecule has 29 heavy (non-hydrogen) atoms. The van der Waals surface area contributed by atoms with E-state index in [1.54, 1.807) is 48.8 Å². The number of carbonyl (C=O) groups is 2. The second kappa shape index (κ2) is 8.27. The van der Waals surface area contributed by atoms with E-state index in [0.717, 1.165) is 6.42 Å². The number of hydrogen-bond acceptors (Lipinski definition) is 3. The van der Waals surface area contributed by atoms with Crippen LogP contribution in [-0.4, -0.2) is 23.3 Å². The van der Waals surface area contributed by atoms with Crippen molar-refractivity contribution in [1.29, 1.82) is 0 Å². The van der Waals surface area contributed by atoms with Gasteiger partial charge in [0.15, 0.2) is 5.78 Å². The van der Waals surface area contributed by atoms with Crippen LogP contribution in [0.4, 0.5) is 16.2 Å². The molecule has 2 aromatic carbocycles. The van der Waals surface area contributed by atoms with Gasteiger partial charge in [-0.3, -0.25) is 4.79 Å². The number of para-hydroxylation sites is 1. The number of amides is 2. The fourth-order valence-corrected chi connectivity index (χ4v) is 4.41. The van der Waals surface area contributed by atoms with E-state index in [0.29, 0.717) is 30.0 Å². The van der Waals surface area contributed by atoms with Gasteiger partial charge in [-0.05, 0) is 74.1 Å². The summed E-state index contributed by atoms with van der Waals surface area (Å²) < 4.78 is 0. The highest BCUT2D eigenvalue weighted by molar-refractivity contribution is 6.04. The molecule has 0 unspecified atom stereocenters. The summed E-state index contributed by atoms with van der Waals surface area (Å²) in [7, 11) is 0. The van der Waals surface area contributed by atoms with Gasteiger partial charge in [0, 0.05) is 18.7 Å². The minimum atomic E-state index is -0.202. The van der Waals surface area contributed by atoms with Crippen molar-refractivity contribution < 1.29 is 9.59 Å². The Bertz CT molecular complexity index is 906. The Morgan fingerprint density at radius 2 is 1.62 bits per heavy atom. The molecule has 1 heterocycles. The van der Waals surface area contributed by atoms with E-state index in [4.69, 9.17) is 5.73 Å². The molecule has 0 bridgehead atoms. The van der Waals surface area contributed by atoms with E-state index >= 15 is 0 Å². The lowest BCUT2D eigenvalue weighted by Gasteiger charge is -2.46. The standard InChI is InChI=1S/C18H19N3O2.C6H10/c1-12(22)15-7-4-8-16(17(15)19)20-18(23)21-10-9-13-5-2-3-6-14(13)11-21;1-2-6-4-3-5(1)6/h2-8H,9-11,19H2,1H3,(H,20,23);5-6H,1-4H2. The molecule has 3 N–H and O–H groups in total. The summed E-state index contributed by atoms with van der Waals surface area (Å²) in [6, 6.07) is 13.0. The van der Waals surface area contributed by atoms with Crippen LogP contribution in [0.25, 0.3) is 0 Å². The van der Waals surface area contributed by atoms with Crippen LogP contribution in [0.5, 0.6) is 0 Å². The molecule has 0 atom stereocenters. The molecule has 3 aliphatic rings. The van der Waals surface area contributed by atoms with Gasteiger partial charge in [0.1, 0.15) is 0 Å². The van der Waals surface area contributed by atoms with E-state index in [1.807, 2.05) is 18.2 Å². The van der Waals surface area contributed by atoms with Gasteiger partial charge in [0.05, 0.1) is 11.4 Å². The first-order chi connectivity index (χ1) is 14.0. The van der Waals surface area contributed by atoms with Gasteiger partial charge in [-0.1, -0.05) is 30.3 Å². The van der Waals surface area contributed by atoms with Crippen LogP contribution in [0.1, 0.15) is 54.1 Å². The number of nitrogens with one attached hydrogen (secondary N) is 1. The molecule has 5 heteroatoms. The Hall–Kier alpha value is -2.82. The smallest absolute Gasteiger partial charge is 0.322 e. The van der Waals surface area contributed by atoms with Gasteiger partial charge in [0.25, 0.3) is 0 Å². The first-order valence-electron chi connectivity index (χ1n) is 10.5. The minimum Gasteiger partial charge on any atom is -0.396 e. The molecule has 1 aliphatic heterocycles. The highest BCUT2D eigenvalue weighted by atomic mass is 16.2. The fourth-order valence-electron chi connectivity index (χ4n) is 4.41. The number of benzene rings is 2. The number of ketones is 1. The molecule has 5 rings (SSSR count). The number of nitrogens with two attached hydrogens (primary N) is 1. The van der Waals surface area contributed by atoms with Crippen LogP contribution >= 0.6 is 0 Å². The zero-order valence-corrected chi connectivity index (χ0v) is 17.0. The largest absolute Gasteiger partial charge is 0.396 e. The normalized spacial score (nSPS) is 21.3. The molecule has 0 radical (unpaired) electrons. The van der Waals surface area contributed by atoms with Crippen molar-refractivity contribution in [3.05, 3.63) is 59.2 Å². The van der Waals surface area contributed by atoms with E-state index in [2.05, 4.69) is 11.4 Å². The first-order valence-corrected chi connectivity index (χ1v) is 10.5. The maximum absolute atomic E-state index is 12.5. The lowest BCUT2D eigenvalue weighted by atomic mass is 9.60. The zero-order valence-electron chi connectivity index (χ0n) is 17.0. The van der Waals surface area contributed by atoms with Crippen molar-refractivity contribution >= 4 is 23.2 Å². The summed E-state index contributed by atoms with van der Waals surface area (Å²) in [5.74, 6) is 2.31. The maximum atomic E-state index is 12.5. The third kappa shape index (κ3) is 4.14. The van der Waals surface area contributed by atoms with E-state index in [9.17, 15) is 9.59 Å². The Labute approximate surface area is 172 Å². The molecular weight excluding hydrogens is 362 g/mol. The number of Topliss-reactive ketones (excluding diaryl/α,β-unsaturated/α-hetero) is 1. The second-order valence-electron chi connectivity index (χ2n) is 8.37. The van der Waals surface area contributed by atoms with Crippen molar-refractivity contribution in [3.63, 3.8) is 0 Å². The average Bonchev–Trinajstić information content (AvgIpc) is 2.72. The lowest BCUT2D eigenvalue weighted by Crippen LogP contribution is -2.39. The summed E-state index contributed by atoms with van der Waals surface area (Å²) in [6.45, 7) is 2.70. The predicted octanol–water partition coefficient (Wildman–Crippen LogP) is 4.87. The third-order valence-electron chi connectivity index (χ3n) is 6.63. The van der Waals surface area contributed by atoms with Gasteiger partial charge in [0.2, 0.25) is 0 Å². The molecule has 152 valence electrons. The quantitative estimate of drug-likeness (QED) is 0.566. The SMILES string of the molecule is C1CC2CCC12.CC(=O)c1cccc(NC(=O)N2CCc3ccccc3C2)c1N. The average molecular weight is 392 g/mol. The molecule has 2 aliphatic carbocycles. The molecule has 0 aromatic heterocycles. The first kappa shape index (κ1) is 19.5. The van der Waals surface area contributed by atoms with Crippen molar-refractivity contribution in [1.82, 2.24) is 4.90 Å². The number of anilines is 2. The molecular formula is C24H29N3O2. The van der Waals surface area contributed by atoms with Crippen LogP contribution in [0.3, 0.4) is 0 Å². The van der Waals surface area contributed by atoms with Crippen molar-refractivity contribution in [3.8, 4) is 0 Å². The van der Waals surface area contributed by atoms with E-state index in [-0.39, 0.29) is 11.8 Å². The second-order valence-corrected chi connectivity index (χ2v) is 8.37. The van der Waals surface area contributed by atoms with Crippen molar-refractivity contribution in [2.75, 3.05) is 17.6 Å². The highest BCUT2D eigenvalue weighted by Gasteiger charge is 2.37. The summed E-state index contributed by atoms with van der Waals surface area (Å²) >= 11 is 0. The highest BCUT2D eigenvalue weighted by Crippen LogP contribution is 2.49.